The standard InChI is InChI=1S/C21H24N2O3S/c1-14-5-8-18(9-6-14)27-20-10-7-16(12-19(20)23-15(2)24)21(25)22-13-17-4-3-11-26-17/h5-10,12,17H,3-4,11,13H2,1-2H3,(H,22,25)(H,23,24). The normalized spacial score (nSPS) is 16.1. The van der Waals surface area contributed by atoms with Gasteiger partial charge in [-0.25, -0.2) is 0 Å². The van der Waals surface area contributed by atoms with Crippen LogP contribution in [0.1, 0.15) is 35.7 Å². The van der Waals surface area contributed by atoms with Gasteiger partial charge in [-0.1, -0.05) is 29.5 Å². The molecule has 2 amide bonds. The second kappa shape index (κ2) is 9.06. The van der Waals surface area contributed by atoms with Crippen LogP contribution in [0.5, 0.6) is 0 Å². The van der Waals surface area contributed by atoms with E-state index in [9.17, 15) is 9.59 Å². The molecule has 2 N–H and O–H groups in total. The molecule has 0 bridgehead atoms. The lowest BCUT2D eigenvalue weighted by Gasteiger charge is -2.14. The first kappa shape index (κ1) is 19.5. The van der Waals surface area contributed by atoms with Crippen molar-refractivity contribution in [2.75, 3.05) is 18.5 Å². The highest BCUT2D eigenvalue weighted by Gasteiger charge is 2.17. The molecule has 1 atom stereocenters. The molecule has 0 radical (unpaired) electrons. The van der Waals surface area contributed by atoms with Gasteiger partial charge in [-0.15, -0.1) is 0 Å². The van der Waals surface area contributed by atoms with Crippen molar-refractivity contribution >= 4 is 29.3 Å². The van der Waals surface area contributed by atoms with Gasteiger partial charge in [0.05, 0.1) is 11.8 Å². The van der Waals surface area contributed by atoms with E-state index in [-0.39, 0.29) is 17.9 Å². The van der Waals surface area contributed by atoms with Gasteiger partial charge in [0.1, 0.15) is 0 Å². The minimum atomic E-state index is -0.169. The molecule has 142 valence electrons. The number of ether oxygens (including phenoxy) is 1. The number of hydrogen-bond donors (Lipinski definition) is 2. The van der Waals surface area contributed by atoms with Crippen molar-refractivity contribution in [3.8, 4) is 0 Å². The lowest BCUT2D eigenvalue weighted by molar-refractivity contribution is -0.114. The van der Waals surface area contributed by atoms with Crippen molar-refractivity contribution in [3.63, 3.8) is 0 Å². The molecule has 1 aliphatic rings. The summed E-state index contributed by atoms with van der Waals surface area (Å²) in [6.07, 6.45) is 2.11. The van der Waals surface area contributed by atoms with Gasteiger partial charge in [-0.3, -0.25) is 9.59 Å². The van der Waals surface area contributed by atoms with Gasteiger partial charge >= 0.3 is 0 Å². The first-order valence-electron chi connectivity index (χ1n) is 9.07. The first-order valence-corrected chi connectivity index (χ1v) is 9.89. The Kier molecular flexibility index (Phi) is 6.53. The van der Waals surface area contributed by atoms with Crippen LogP contribution >= 0.6 is 11.8 Å². The molecular formula is C21H24N2O3S. The zero-order valence-corrected chi connectivity index (χ0v) is 16.4. The van der Waals surface area contributed by atoms with Gasteiger partial charge in [-0.2, -0.15) is 0 Å². The number of anilines is 1. The molecule has 27 heavy (non-hydrogen) atoms. The largest absolute Gasteiger partial charge is 0.376 e. The third kappa shape index (κ3) is 5.58. The molecule has 3 rings (SSSR count). The minimum Gasteiger partial charge on any atom is -0.376 e. The van der Waals surface area contributed by atoms with Crippen molar-refractivity contribution in [2.24, 2.45) is 0 Å². The van der Waals surface area contributed by atoms with Gasteiger partial charge in [0.15, 0.2) is 0 Å². The van der Waals surface area contributed by atoms with Crippen LogP contribution in [0.15, 0.2) is 52.3 Å². The average Bonchev–Trinajstić information content (AvgIpc) is 3.16. The highest BCUT2D eigenvalue weighted by Crippen LogP contribution is 2.34. The second-order valence-corrected chi connectivity index (χ2v) is 7.77. The molecule has 2 aromatic carbocycles. The van der Waals surface area contributed by atoms with Crippen molar-refractivity contribution in [1.29, 1.82) is 0 Å². The van der Waals surface area contributed by atoms with Crippen LogP contribution in [0.25, 0.3) is 0 Å². The summed E-state index contributed by atoms with van der Waals surface area (Å²) in [6.45, 7) is 4.78. The number of carbonyl (C=O) groups is 2. The zero-order chi connectivity index (χ0) is 19.2. The highest BCUT2D eigenvalue weighted by atomic mass is 32.2. The number of hydrogen-bond acceptors (Lipinski definition) is 4. The SMILES string of the molecule is CC(=O)Nc1cc(C(=O)NCC2CCCO2)ccc1Sc1ccc(C)cc1. The van der Waals surface area contributed by atoms with Crippen LogP contribution in [-0.4, -0.2) is 31.1 Å². The number of benzene rings is 2. The topological polar surface area (TPSA) is 67.4 Å². The fourth-order valence-corrected chi connectivity index (χ4v) is 3.78. The minimum absolute atomic E-state index is 0.0973. The van der Waals surface area contributed by atoms with E-state index >= 15 is 0 Å². The molecule has 5 nitrogen and oxygen atoms in total. The zero-order valence-electron chi connectivity index (χ0n) is 15.6. The molecule has 1 unspecified atom stereocenters. The number of aryl methyl sites for hydroxylation is 1. The Balaban J connectivity index is 1.74. The van der Waals surface area contributed by atoms with Crippen molar-refractivity contribution in [1.82, 2.24) is 5.32 Å². The van der Waals surface area contributed by atoms with Gasteiger partial charge in [0.25, 0.3) is 5.91 Å². The first-order chi connectivity index (χ1) is 13.0. The van der Waals surface area contributed by atoms with Crippen molar-refractivity contribution in [2.45, 2.75) is 42.6 Å². The number of nitrogens with one attached hydrogen (secondary N) is 2. The van der Waals surface area contributed by atoms with Crippen LogP contribution in [0.3, 0.4) is 0 Å². The van der Waals surface area contributed by atoms with Crippen molar-refractivity contribution < 1.29 is 14.3 Å². The third-order valence-electron chi connectivity index (χ3n) is 4.32. The molecule has 1 saturated heterocycles. The highest BCUT2D eigenvalue weighted by molar-refractivity contribution is 7.99. The lowest BCUT2D eigenvalue weighted by Crippen LogP contribution is -2.31. The lowest BCUT2D eigenvalue weighted by atomic mass is 10.1. The molecule has 1 aliphatic heterocycles. The monoisotopic (exact) mass is 384 g/mol. The Morgan fingerprint density at radius 1 is 1.19 bits per heavy atom. The van der Waals surface area contributed by atoms with Crippen LogP contribution in [-0.2, 0) is 9.53 Å². The molecule has 1 heterocycles. The summed E-state index contributed by atoms with van der Waals surface area (Å²) in [4.78, 5) is 26.0. The van der Waals surface area contributed by atoms with E-state index in [1.165, 1.54) is 12.5 Å². The molecule has 0 aromatic heterocycles. The number of carbonyl (C=O) groups excluding carboxylic acids is 2. The van der Waals surface area contributed by atoms with Gasteiger partial charge < -0.3 is 15.4 Å². The molecule has 0 spiro atoms. The third-order valence-corrected chi connectivity index (χ3v) is 5.40. The van der Waals surface area contributed by atoms with Crippen LogP contribution in [0.2, 0.25) is 0 Å². The van der Waals surface area contributed by atoms with E-state index < -0.39 is 0 Å². The van der Waals surface area contributed by atoms with Gasteiger partial charge in [-0.05, 0) is 50.1 Å². The Labute approximate surface area is 163 Å². The van der Waals surface area contributed by atoms with Crippen molar-refractivity contribution in [3.05, 3.63) is 53.6 Å². The summed E-state index contributed by atoms with van der Waals surface area (Å²) >= 11 is 1.55. The summed E-state index contributed by atoms with van der Waals surface area (Å²) < 4.78 is 5.53. The van der Waals surface area contributed by atoms with Crippen LogP contribution in [0, 0.1) is 6.92 Å². The summed E-state index contributed by atoms with van der Waals surface area (Å²) in [5, 5.41) is 5.75. The second-order valence-electron chi connectivity index (χ2n) is 6.65. The Bertz CT molecular complexity index is 815. The van der Waals surface area contributed by atoms with E-state index in [1.807, 2.05) is 37.3 Å². The van der Waals surface area contributed by atoms with E-state index in [1.54, 1.807) is 23.9 Å². The molecule has 6 heteroatoms. The van der Waals surface area contributed by atoms with E-state index in [0.717, 1.165) is 29.2 Å². The smallest absolute Gasteiger partial charge is 0.251 e. The molecular weight excluding hydrogens is 360 g/mol. The summed E-state index contributed by atoms with van der Waals surface area (Å²) in [6, 6.07) is 13.6. The fraction of sp³-hybridized carbons (Fsp3) is 0.333. The van der Waals surface area contributed by atoms with Crippen LogP contribution < -0.4 is 10.6 Å². The molecule has 1 fully saturated rings. The van der Waals surface area contributed by atoms with Gasteiger partial charge in [0, 0.05) is 35.4 Å². The maximum atomic E-state index is 12.5. The van der Waals surface area contributed by atoms with E-state index in [4.69, 9.17) is 4.74 Å². The Morgan fingerprint density at radius 2 is 1.96 bits per heavy atom. The summed E-state index contributed by atoms with van der Waals surface area (Å²) in [5.74, 6) is -0.332. The summed E-state index contributed by atoms with van der Waals surface area (Å²) in [5.41, 5.74) is 2.35. The maximum absolute atomic E-state index is 12.5. The van der Waals surface area contributed by atoms with E-state index in [2.05, 4.69) is 10.6 Å². The molecule has 0 saturated carbocycles. The quantitative estimate of drug-likeness (QED) is 0.790. The fourth-order valence-electron chi connectivity index (χ4n) is 2.89. The molecule has 0 aliphatic carbocycles. The number of rotatable bonds is 6. The Morgan fingerprint density at radius 3 is 2.63 bits per heavy atom. The number of amides is 2. The predicted molar refractivity (Wildman–Crippen MR) is 107 cm³/mol. The predicted octanol–water partition coefficient (Wildman–Crippen LogP) is 4.01. The Hall–Kier alpha value is -2.31. The maximum Gasteiger partial charge on any atom is 0.251 e. The van der Waals surface area contributed by atoms with Crippen LogP contribution in [0.4, 0.5) is 5.69 Å². The van der Waals surface area contributed by atoms with Gasteiger partial charge in [0.2, 0.25) is 5.91 Å². The molecule has 2 aromatic rings. The summed E-state index contributed by atoms with van der Waals surface area (Å²) in [7, 11) is 0. The van der Waals surface area contributed by atoms with E-state index in [0.29, 0.717) is 17.8 Å². The average molecular weight is 385 g/mol.